The fraction of sp³-hybridized carbons (Fsp3) is 1.00. The molecule has 0 aromatic rings. The second-order valence-electron chi connectivity index (χ2n) is 4.46. The van der Waals surface area contributed by atoms with Crippen LogP contribution in [0.1, 0.15) is 19.3 Å². The summed E-state index contributed by atoms with van der Waals surface area (Å²) < 4.78 is 5.32. The lowest BCUT2D eigenvalue weighted by Gasteiger charge is -2.25. The Morgan fingerprint density at radius 1 is 1.25 bits per heavy atom. The van der Waals surface area contributed by atoms with Gasteiger partial charge in [-0.25, -0.2) is 0 Å². The van der Waals surface area contributed by atoms with Crippen LogP contribution < -0.4 is 0 Å². The quantitative estimate of drug-likeness (QED) is 0.461. The van der Waals surface area contributed by atoms with Crippen LogP contribution >= 0.6 is 0 Å². The van der Waals surface area contributed by atoms with Crippen LogP contribution in [0.2, 0.25) is 0 Å². The van der Waals surface area contributed by atoms with Crippen LogP contribution in [0.3, 0.4) is 0 Å². The predicted molar refractivity (Wildman–Crippen MR) is 41.7 cm³/mol. The van der Waals surface area contributed by atoms with E-state index in [2.05, 4.69) is 0 Å². The minimum atomic E-state index is -0.836. The van der Waals surface area contributed by atoms with Crippen molar-refractivity contribution >= 4 is 7.85 Å². The third kappa shape index (κ3) is 0.652. The van der Waals surface area contributed by atoms with Crippen LogP contribution in [0.4, 0.5) is 0 Å². The van der Waals surface area contributed by atoms with Gasteiger partial charge in [0, 0.05) is 6.00 Å². The van der Waals surface area contributed by atoms with E-state index in [-0.39, 0.29) is 5.92 Å². The molecule has 0 spiro atoms. The highest BCUT2D eigenvalue weighted by Crippen LogP contribution is 2.63. The van der Waals surface area contributed by atoms with Gasteiger partial charge in [0.1, 0.15) is 14.0 Å². The number of ether oxygens (including phenoxy) is 1. The van der Waals surface area contributed by atoms with Crippen molar-refractivity contribution in [1.29, 1.82) is 0 Å². The molecule has 3 nitrogen and oxygen atoms in total. The molecule has 2 aliphatic carbocycles. The van der Waals surface area contributed by atoms with Crippen molar-refractivity contribution in [3.05, 3.63) is 0 Å². The number of fused-ring (bicyclic) bond motifs is 3. The molecule has 64 valence electrons. The summed E-state index contributed by atoms with van der Waals surface area (Å²) >= 11 is 0. The molecule has 5 atom stereocenters. The molecule has 3 rings (SSSR count). The molecule has 2 unspecified atom stereocenters. The van der Waals surface area contributed by atoms with E-state index in [4.69, 9.17) is 12.6 Å². The minimum absolute atomic E-state index is 0.250. The standard InChI is InChI=1S/C8H11BO3/c9-5-3-7(10)1-4-2-8(4,11)6(7)12-5/h4-6,10-11H,1-3H2/t4?,5-,6-,7+,8?/m1/s1. The largest absolute Gasteiger partial charge is 0.387 e. The molecule has 2 radical (unpaired) electrons. The Labute approximate surface area is 72.1 Å². The third-order valence-electron chi connectivity index (χ3n) is 3.53. The second-order valence-corrected chi connectivity index (χ2v) is 4.46. The van der Waals surface area contributed by atoms with Gasteiger partial charge in [0.2, 0.25) is 0 Å². The molecule has 3 fully saturated rings. The van der Waals surface area contributed by atoms with Gasteiger partial charge < -0.3 is 14.9 Å². The second kappa shape index (κ2) is 1.74. The third-order valence-corrected chi connectivity index (χ3v) is 3.53. The lowest BCUT2D eigenvalue weighted by atomic mass is 9.86. The van der Waals surface area contributed by atoms with Crippen molar-refractivity contribution < 1.29 is 14.9 Å². The van der Waals surface area contributed by atoms with Crippen molar-refractivity contribution in [3.63, 3.8) is 0 Å². The van der Waals surface area contributed by atoms with Gasteiger partial charge in [0.05, 0.1) is 11.2 Å². The molecule has 2 saturated carbocycles. The van der Waals surface area contributed by atoms with Gasteiger partial charge in [-0.3, -0.25) is 0 Å². The van der Waals surface area contributed by atoms with Gasteiger partial charge in [-0.1, -0.05) is 0 Å². The van der Waals surface area contributed by atoms with E-state index < -0.39 is 23.3 Å². The molecular weight excluding hydrogens is 155 g/mol. The Bertz CT molecular complexity index is 246. The molecule has 1 aliphatic heterocycles. The molecule has 1 saturated heterocycles. The number of rotatable bonds is 0. The number of aliphatic hydroxyl groups is 2. The number of hydrogen-bond acceptors (Lipinski definition) is 3. The van der Waals surface area contributed by atoms with E-state index in [0.29, 0.717) is 12.8 Å². The van der Waals surface area contributed by atoms with Gasteiger partial charge in [0.25, 0.3) is 0 Å². The van der Waals surface area contributed by atoms with Gasteiger partial charge in [-0.05, 0) is 25.2 Å². The zero-order valence-electron chi connectivity index (χ0n) is 6.73. The van der Waals surface area contributed by atoms with Gasteiger partial charge in [-0.15, -0.1) is 0 Å². The van der Waals surface area contributed by atoms with Crippen molar-refractivity contribution in [2.45, 2.75) is 42.6 Å². The van der Waals surface area contributed by atoms with Crippen molar-refractivity contribution in [2.24, 2.45) is 5.92 Å². The molecule has 1 heterocycles. The van der Waals surface area contributed by atoms with Crippen LogP contribution in [0.25, 0.3) is 0 Å². The zero-order chi connectivity index (χ0) is 8.56. The Kier molecular flexibility index (Phi) is 1.07. The first-order valence-electron chi connectivity index (χ1n) is 4.40. The molecule has 4 heteroatoms. The maximum absolute atomic E-state index is 10.0. The van der Waals surface area contributed by atoms with E-state index in [1.807, 2.05) is 0 Å². The van der Waals surface area contributed by atoms with Crippen molar-refractivity contribution in [1.82, 2.24) is 0 Å². The van der Waals surface area contributed by atoms with E-state index >= 15 is 0 Å². The summed E-state index contributed by atoms with van der Waals surface area (Å²) in [7, 11) is 5.56. The molecule has 0 aromatic carbocycles. The zero-order valence-corrected chi connectivity index (χ0v) is 6.73. The van der Waals surface area contributed by atoms with Gasteiger partial charge in [0.15, 0.2) is 0 Å². The fourth-order valence-corrected chi connectivity index (χ4v) is 2.91. The molecule has 0 bridgehead atoms. The molecule has 2 N–H and O–H groups in total. The van der Waals surface area contributed by atoms with E-state index in [0.717, 1.165) is 6.42 Å². The molecule has 0 amide bonds. The van der Waals surface area contributed by atoms with E-state index in [1.54, 1.807) is 0 Å². The first-order chi connectivity index (χ1) is 5.55. The number of hydrogen-bond donors (Lipinski definition) is 2. The smallest absolute Gasteiger partial charge is 0.114 e. The summed E-state index contributed by atoms with van der Waals surface area (Å²) in [5.41, 5.74) is -1.58. The maximum atomic E-state index is 10.0. The topological polar surface area (TPSA) is 49.7 Å². The Hall–Kier alpha value is -0.0551. The normalized spacial score (nSPS) is 67.7. The van der Waals surface area contributed by atoms with Crippen molar-refractivity contribution in [3.8, 4) is 0 Å². The highest BCUT2D eigenvalue weighted by molar-refractivity contribution is 6.11. The Morgan fingerprint density at radius 3 is 2.67 bits per heavy atom. The average Bonchev–Trinajstić information content (AvgIpc) is 2.35. The van der Waals surface area contributed by atoms with Crippen LogP contribution in [-0.2, 0) is 4.74 Å². The lowest BCUT2D eigenvalue weighted by molar-refractivity contribution is -0.0873. The summed E-state index contributed by atoms with van der Waals surface area (Å²) in [6.45, 7) is 0. The highest BCUT2D eigenvalue weighted by atomic mass is 16.5. The fourth-order valence-electron chi connectivity index (χ4n) is 2.91. The summed E-state index contributed by atoms with van der Waals surface area (Å²) in [4.78, 5) is 0. The summed E-state index contributed by atoms with van der Waals surface area (Å²) in [5.74, 6) is 0.250. The van der Waals surface area contributed by atoms with Crippen LogP contribution in [0.5, 0.6) is 0 Å². The SMILES string of the molecule is [B][C@H]1C[C@@]2(O)CC3CC3(O)[C@@H]2O1. The predicted octanol–water partition coefficient (Wildman–Crippen LogP) is -0.844. The van der Waals surface area contributed by atoms with E-state index in [1.165, 1.54) is 0 Å². The van der Waals surface area contributed by atoms with Crippen molar-refractivity contribution in [2.75, 3.05) is 0 Å². The minimum Gasteiger partial charge on any atom is -0.387 e. The summed E-state index contributed by atoms with van der Waals surface area (Å²) in [6.07, 6.45) is 1.47. The first kappa shape index (κ1) is 7.36. The molecule has 3 aliphatic rings. The van der Waals surface area contributed by atoms with Gasteiger partial charge in [-0.2, -0.15) is 0 Å². The Balaban J connectivity index is 1.95. The highest BCUT2D eigenvalue weighted by Gasteiger charge is 2.74. The maximum Gasteiger partial charge on any atom is 0.114 e. The van der Waals surface area contributed by atoms with Crippen LogP contribution in [-0.4, -0.2) is 41.4 Å². The average molecular weight is 166 g/mol. The summed E-state index contributed by atoms with van der Waals surface area (Å²) in [5, 5.41) is 19.9. The first-order valence-corrected chi connectivity index (χ1v) is 4.40. The van der Waals surface area contributed by atoms with Crippen LogP contribution in [0.15, 0.2) is 0 Å². The molecular formula is C8H11BO3. The lowest BCUT2D eigenvalue weighted by Crippen LogP contribution is -2.41. The molecule has 12 heavy (non-hydrogen) atoms. The Morgan fingerprint density at radius 2 is 2.00 bits per heavy atom. The molecule has 0 aromatic heterocycles. The van der Waals surface area contributed by atoms with Gasteiger partial charge >= 0.3 is 0 Å². The monoisotopic (exact) mass is 166 g/mol. The summed E-state index contributed by atoms with van der Waals surface area (Å²) in [6, 6.07) is -0.398. The van der Waals surface area contributed by atoms with E-state index in [9.17, 15) is 10.2 Å². The van der Waals surface area contributed by atoms with Crippen LogP contribution in [0, 0.1) is 5.92 Å².